The maximum Gasteiger partial charge on any atom is 0.275 e. The van der Waals surface area contributed by atoms with Gasteiger partial charge < -0.3 is 5.32 Å². The first-order chi connectivity index (χ1) is 11.2. The zero-order valence-corrected chi connectivity index (χ0v) is 12.9. The van der Waals surface area contributed by atoms with Gasteiger partial charge in [0.05, 0.1) is 32.9 Å². The molecule has 0 fully saturated rings. The standard InChI is InChI=1S/C17H14ClN3O2/c18-12-7-8-14(21(22)23)15-10-4-3-5-11(10)16(20-17(12)15)13-6-1-2-9-19-13/h1-4,6-11,16,20H,5H2/t10-,11+,16-/m1/s1. The van der Waals surface area contributed by atoms with Crippen LogP contribution in [-0.4, -0.2) is 9.91 Å². The summed E-state index contributed by atoms with van der Waals surface area (Å²) in [6.45, 7) is 0. The number of pyridine rings is 1. The molecule has 4 rings (SSSR count). The van der Waals surface area contributed by atoms with E-state index in [1.807, 2.05) is 18.2 Å². The van der Waals surface area contributed by atoms with Crippen LogP contribution in [0.2, 0.25) is 5.02 Å². The highest BCUT2D eigenvalue weighted by Gasteiger charge is 2.42. The second-order valence-corrected chi connectivity index (χ2v) is 6.25. The van der Waals surface area contributed by atoms with Crippen LogP contribution in [0.3, 0.4) is 0 Å². The summed E-state index contributed by atoms with van der Waals surface area (Å²) in [5.41, 5.74) is 2.40. The molecule has 0 radical (unpaired) electrons. The summed E-state index contributed by atoms with van der Waals surface area (Å²) in [6.07, 6.45) is 6.78. The lowest BCUT2D eigenvalue weighted by atomic mass is 9.77. The Kier molecular flexibility index (Phi) is 3.31. The van der Waals surface area contributed by atoms with E-state index in [1.165, 1.54) is 6.07 Å². The van der Waals surface area contributed by atoms with Crippen molar-refractivity contribution >= 4 is 23.0 Å². The molecule has 0 spiro atoms. The van der Waals surface area contributed by atoms with Crippen molar-refractivity contribution in [2.75, 3.05) is 5.32 Å². The molecule has 0 amide bonds. The molecule has 1 aliphatic carbocycles. The van der Waals surface area contributed by atoms with E-state index in [1.54, 1.807) is 12.3 Å². The van der Waals surface area contributed by atoms with Gasteiger partial charge in [0, 0.05) is 18.2 Å². The summed E-state index contributed by atoms with van der Waals surface area (Å²) in [4.78, 5) is 15.5. The molecule has 0 bridgehead atoms. The second kappa shape index (κ2) is 5.35. The van der Waals surface area contributed by atoms with Crippen LogP contribution in [0, 0.1) is 16.0 Å². The second-order valence-electron chi connectivity index (χ2n) is 5.84. The van der Waals surface area contributed by atoms with Gasteiger partial charge in [-0.25, -0.2) is 0 Å². The predicted octanol–water partition coefficient (Wildman–Crippen LogP) is 4.47. The summed E-state index contributed by atoms with van der Waals surface area (Å²) in [5.74, 6) is 0.187. The van der Waals surface area contributed by atoms with Crippen LogP contribution >= 0.6 is 11.6 Å². The van der Waals surface area contributed by atoms with Crippen LogP contribution in [0.4, 0.5) is 11.4 Å². The number of nitro benzene ring substituents is 1. The highest BCUT2D eigenvalue weighted by Crippen LogP contribution is 2.53. The Bertz CT molecular complexity index is 807. The first-order valence-corrected chi connectivity index (χ1v) is 7.85. The van der Waals surface area contributed by atoms with E-state index in [9.17, 15) is 10.1 Å². The van der Waals surface area contributed by atoms with Crippen molar-refractivity contribution in [3.63, 3.8) is 0 Å². The average molecular weight is 328 g/mol. The monoisotopic (exact) mass is 327 g/mol. The third-order valence-electron chi connectivity index (χ3n) is 4.65. The highest BCUT2D eigenvalue weighted by atomic mass is 35.5. The van der Waals surface area contributed by atoms with Gasteiger partial charge in [0.1, 0.15) is 0 Å². The van der Waals surface area contributed by atoms with E-state index < -0.39 is 0 Å². The Morgan fingerprint density at radius 1 is 1.30 bits per heavy atom. The number of halogens is 1. The number of hydrogen-bond donors (Lipinski definition) is 1. The molecule has 1 aromatic carbocycles. The Hall–Kier alpha value is -2.40. The molecule has 2 heterocycles. The number of anilines is 1. The Morgan fingerprint density at radius 3 is 2.91 bits per heavy atom. The maximum atomic E-state index is 11.4. The van der Waals surface area contributed by atoms with E-state index in [0.29, 0.717) is 16.3 Å². The lowest BCUT2D eigenvalue weighted by Gasteiger charge is -2.36. The molecular formula is C17H14ClN3O2. The van der Waals surface area contributed by atoms with Crippen LogP contribution in [0.1, 0.15) is 29.6 Å². The van der Waals surface area contributed by atoms with Crippen LogP contribution in [-0.2, 0) is 0 Å². The largest absolute Gasteiger partial charge is 0.375 e. The van der Waals surface area contributed by atoms with Crippen LogP contribution < -0.4 is 5.32 Å². The van der Waals surface area contributed by atoms with Gasteiger partial charge in [0.15, 0.2) is 0 Å². The van der Waals surface area contributed by atoms with Crippen LogP contribution in [0.15, 0.2) is 48.7 Å². The molecule has 3 atom stereocenters. The van der Waals surface area contributed by atoms with Gasteiger partial charge in [-0.15, -0.1) is 0 Å². The molecule has 2 aromatic rings. The molecule has 2 aliphatic rings. The Labute approximate surface area is 138 Å². The zero-order chi connectivity index (χ0) is 16.0. The van der Waals surface area contributed by atoms with Crippen molar-refractivity contribution in [3.05, 3.63) is 75.1 Å². The van der Waals surface area contributed by atoms with E-state index in [4.69, 9.17) is 11.6 Å². The van der Waals surface area contributed by atoms with Crippen molar-refractivity contribution in [3.8, 4) is 0 Å². The maximum absolute atomic E-state index is 11.4. The normalized spacial score (nSPS) is 24.7. The fraction of sp³-hybridized carbons (Fsp3) is 0.235. The molecule has 5 nitrogen and oxygen atoms in total. The number of benzene rings is 1. The number of nitrogens with one attached hydrogen (secondary N) is 1. The average Bonchev–Trinajstić information content (AvgIpc) is 3.05. The first-order valence-electron chi connectivity index (χ1n) is 7.47. The zero-order valence-electron chi connectivity index (χ0n) is 12.1. The lowest BCUT2D eigenvalue weighted by molar-refractivity contribution is -0.385. The van der Waals surface area contributed by atoms with Crippen molar-refractivity contribution in [2.45, 2.75) is 18.4 Å². The molecule has 0 saturated carbocycles. The predicted molar refractivity (Wildman–Crippen MR) is 88.7 cm³/mol. The summed E-state index contributed by atoms with van der Waals surface area (Å²) in [5, 5.41) is 15.3. The van der Waals surface area contributed by atoms with Gasteiger partial charge in [-0.05, 0) is 30.5 Å². The van der Waals surface area contributed by atoms with E-state index in [2.05, 4.69) is 22.5 Å². The minimum absolute atomic E-state index is 0.0109. The molecule has 116 valence electrons. The number of aromatic nitrogens is 1. The van der Waals surface area contributed by atoms with Crippen molar-refractivity contribution in [1.29, 1.82) is 0 Å². The summed E-state index contributed by atoms with van der Waals surface area (Å²) >= 11 is 6.33. The van der Waals surface area contributed by atoms with Crippen LogP contribution in [0.5, 0.6) is 0 Å². The number of rotatable bonds is 2. The fourth-order valence-electron chi connectivity index (χ4n) is 3.67. The van der Waals surface area contributed by atoms with Crippen molar-refractivity contribution in [2.24, 2.45) is 5.92 Å². The quantitative estimate of drug-likeness (QED) is 0.502. The first kappa shape index (κ1) is 14.2. The van der Waals surface area contributed by atoms with E-state index >= 15 is 0 Å². The van der Waals surface area contributed by atoms with Gasteiger partial charge in [-0.2, -0.15) is 0 Å². The van der Waals surface area contributed by atoms with Crippen molar-refractivity contribution < 1.29 is 4.92 Å². The van der Waals surface area contributed by atoms with Gasteiger partial charge in [0.2, 0.25) is 0 Å². The molecule has 0 unspecified atom stereocenters. The minimum Gasteiger partial charge on any atom is -0.375 e. The van der Waals surface area contributed by atoms with E-state index in [-0.39, 0.29) is 28.5 Å². The SMILES string of the molecule is O=[N+]([O-])c1ccc(Cl)c2c1[C@@H]1C=CC[C@@H]1[C@H](c1ccccn1)N2. The number of nitrogens with zero attached hydrogens (tertiary/aromatic N) is 2. The summed E-state index contributed by atoms with van der Waals surface area (Å²) in [6, 6.07) is 8.87. The smallest absolute Gasteiger partial charge is 0.275 e. The Morgan fingerprint density at radius 2 is 2.17 bits per heavy atom. The molecule has 1 aromatic heterocycles. The number of nitro groups is 1. The number of fused-ring (bicyclic) bond motifs is 3. The third-order valence-corrected chi connectivity index (χ3v) is 4.96. The summed E-state index contributed by atoms with van der Waals surface area (Å²) < 4.78 is 0. The van der Waals surface area contributed by atoms with Gasteiger partial charge in [-0.1, -0.05) is 29.8 Å². The Balaban J connectivity index is 1.89. The van der Waals surface area contributed by atoms with Crippen LogP contribution in [0.25, 0.3) is 0 Å². The number of allylic oxidation sites excluding steroid dienone is 2. The molecule has 0 saturated heterocycles. The lowest BCUT2D eigenvalue weighted by Crippen LogP contribution is -2.30. The van der Waals surface area contributed by atoms with Gasteiger partial charge in [-0.3, -0.25) is 15.1 Å². The minimum atomic E-state index is -0.332. The van der Waals surface area contributed by atoms with Gasteiger partial charge >= 0.3 is 0 Å². The van der Waals surface area contributed by atoms with E-state index in [0.717, 1.165) is 12.1 Å². The molecule has 6 heteroatoms. The van der Waals surface area contributed by atoms with Gasteiger partial charge in [0.25, 0.3) is 5.69 Å². The molecular weight excluding hydrogens is 314 g/mol. The topological polar surface area (TPSA) is 68.1 Å². The molecule has 23 heavy (non-hydrogen) atoms. The highest BCUT2D eigenvalue weighted by molar-refractivity contribution is 6.33. The number of hydrogen-bond acceptors (Lipinski definition) is 4. The van der Waals surface area contributed by atoms with Crippen molar-refractivity contribution in [1.82, 2.24) is 4.98 Å². The summed E-state index contributed by atoms with van der Waals surface area (Å²) in [7, 11) is 0. The fourth-order valence-corrected chi connectivity index (χ4v) is 3.89. The molecule has 1 N–H and O–H groups in total. The molecule has 1 aliphatic heterocycles. The third kappa shape index (κ3) is 2.19.